The molecule has 0 saturated carbocycles. The number of rotatable bonds is 9. The smallest absolute Gasteiger partial charge is 0.326 e. The molecule has 0 N–H and O–H groups in total. The quantitative estimate of drug-likeness (QED) is 0.454. The predicted octanol–water partition coefficient (Wildman–Crippen LogP) is 3.86. The second-order valence-electron chi connectivity index (χ2n) is 6.04. The zero-order valence-corrected chi connectivity index (χ0v) is 17.3. The van der Waals surface area contributed by atoms with Gasteiger partial charge in [-0.05, 0) is 57.2 Å². The summed E-state index contributed by atoms with van der Waals surface area (Å²) in [6.45, 7) is 7.95. The molecule has 0 aromatic heterocycles. The third kappa shape index (κ3) is 5.51. The van der Waals surface area contributed by atoms with E-state index < -0.39 is 23.7 Å². The number of thioether (sulfide) groups is 1. The second kappa shape index (κ2) is 10.2. The minimum atomic E-state index is -0.603. The number of carbonyl (C=O) groups is 3. The van der Waals surface area contributed by atoms with Crippen LogP contribution in [0.2, 0.25) is 0 Å². The number of benzene rings is 1. The van der Waals surface area contributed by atoms with E-state index in [-0.39, 0.29) is 11.0 Å². The van der Waals surface area contributed by atoms with Crippen LogP contribution in [0.4, 0.5) is 4.79 Å². The molecule has 28 heavy (non-hydrogen) atoms. The van der Waals surface area contributed by atoms with Crippen LogP contribution >= 0.6 is 11.8 Å². The third-order valence-electron chi connectivity index (χ3n) is 3.95. The van der Waals surface area contributed by atoms with Crippen LogP contribution in [-0.4, -0.2) is 47.9 Å². The predicted molar refractivity (Wildman–Crippen MR) is 107 cm³/mol. The number of carbonyl (C=O) groups excluding carboxylic acids is 3. The van der Waals surface area contributed by atoms with Crippen molar-refractivity contribution in [2.24, 2.45) is 0 Å². The molecule has 1 fully saturated rings. The van der Waals surface area contributed by atoms with E-state index in [4.69, 9.17) is 14.2 Å². The lowest BCUT2D eigenvalue weighted by molar-refractivity contribution is -0.150. The molecule has 1 aromatic rings. The zero-order valence-electron chi connectivity index (χ0n) is 16.5. The Labute approximate surface area is 169 Å². The molecule has 1 heterocycles. The van der Waals surface area contributed by atoms with Gasteiger partial charge in [0.25, 0.3) is 11.1 Å². The Morgan fingerprint density at radius 3 is 2.54 bits per heavy atom. The van der Waals surface area contributed by atoms with Crippen LogP contribution in [0.3, 0.4) is 0 Å². The van der Waals surface area contributed by atoms with E-state index in [1.807, 2.05) is 20.8 Å². The van der Waals surface area contributed by atoms with Gasteiger partial charge in [-0.1, -0.05) is 6.92 Å². The summed E-state index contributed by atoms with van der Waals surface area (Å²) >= 11 is 0.788. The number of hydrogen-bond acceptors (Lipinski definition) is 7. The van der Waals surface area contributed by atoms with Crippen LogP contribution in [0.15, 0.2) is 23.1 Å². The highest BCUT2D eigenvalue weighted by Gasteiger charge is 2.37. The average Bonchev–Trinajstić information content (AvgIpc) is 2.91. The third-order valence-corrected chi connectivity index (χ3v) is 4.86. The molecule has 2 rings (SSSR count). The number of hydrogen-bond donors (Lipinski definition) is 0. The van der Waals surface area contributed by atoms with Crippen molar-refractivity contribution < 1.29 is 28.6 Å². The molecule has 1 aliphatic rings. The zero-order chi connectivity index (χ0) is 20.7. The van der Waals surface area contributed by atoms with E-state index in [1.165, 1.54) is 0 Å². The van der Waals surface area contributed by atoms with E-state index in [2.05, 4.69) is 0 Å². The van der Waals surface area contributed by atoms with Crippen molar-refractivity contribution in [3.63, 3.8) is 0 Å². The fraction of sp³-hybridized carbons (Fsp3) is 0.450. The minimum absolute atomic E-state index is 0.228. The van der Waals surface area contributed by atoms with Crippen LogP contribution in [0, 0.1) is 0 Å². The highest BCUT2D eigenvalue weighted by atomic mass is 32.2. The molecule has 1 atom stereocenters. The van der Waals surface area contributed by atoms with Gasteiger partial charge in [0.05, 0.1) is 24.2 Å². The molecule has 0 unspecified atom stereocenters. The highest BCUT2D eigenvalue weighted by molar-refractivity contribution is 8.18. The van der Waals surface area contributed by atoms with Crippen LogP contribution < -0.4 is 9.47 Å². The van der Waals surface area contributed by atoms with E-state index in [9.17, 15) is 14.4 Å². The van der Waals surface area contributed by atoms with Gasteiger partial charge in [0.15, 0.2) is 0 Å². The molecule has 0 radical (unpaired) electrons. The van der Waals surface area contributed by atoms with E-state index >= 15 is 0 Å². The van der Waals surface area contributed by atoms with Gasteiger partial charge in [-0.3, -0.25) is 19.3 Å². The Balaban J connectivity index is 2.19. The summed E-state index contributed by atoms with van der Waals surface area (Å²) in [5.74, 6) is 0.0850. The highest BCUT2D eigenvalue weighted by Crippen LogP contribution is 2.35. The lowest BCUT2D eigenvalue weighted by atomic mass is 10.1. The first kappa shape index (κ1) is 21.8. The van der Waals surface area contributed by atoms with Crippen molar-refractivity contribution in [2.75, 3.05) is 19.8 Å². The van der Waals surface area contributed by atoms with Crippen molar-refractivity contribution >= 4 is 35.0 Å². The fourth-order valence-electron chi connectivity index (χ4n) is 2.42. The maximum Gasteiger partial charge on any atom is 0.326 e. The van der Waals surface area contributed by atoms with Crippen LogP contribution in [0.1, 0.15) is 39.7 Å². The summed E-state index contributed by atoms with van der Waals surface area (Å²) < 4.78 is 16.2. The molecular formula is C20H25NO6S. The largest absolute Gasteiger partial charge is 0.494 e. The molecule has 8 heteroatoms. The van der Waals surface area contributed by atoms with Crippen LogP contribution in [-0.2, 0) is 14.3 Å². The number of amides is 2. The van der Waals surface area contributed by atoms with Gasteiger partial charge in [-0.2, -0.15) is 0 Å². The lowest BCUT2D eigenvalue weighted by Gasteiger charge is -2.15. The molecule has 0 bridgehead atoms. The Bertz CT molecular complexity index is 776. The number of esters is 1. The number of nitrogens with zero attached hydrogens (tertiary/aromatic N) is 1. The summed E-state index contributed by atoms with van der Waals surface area (Å²) in [6, 6.07) is 5.28. The van der Waals surface area contributed by atoms with Gasteiger partial charge in [-0.25, -0.2) is 0 Å². The SMILES string of the molecule is CCOc1ccc(/C=C2/SC(=O)N(CC(=O)O[C@@H](C)CC)C2=O)c(OCC)c1. The second-order valence-corrected chi connectivity index (χ2v) is 7.04. The molecule has 152 valence electrons. The Kier molecular flexibility index (Phi) is 7.92. The molecule has 0 spiro atoms. The van der Waals surface area contributed by atoms with Gasteiger partial charge >= 0.3 is 5.97 Å². The van der Waals surface area contributed by atoms with Gasteiger partial charge in [0.1, 0.15) is 18.0 Å². The molecule has 0 aliphatic carbocycles. The number of imide groups is 1. The molecule has 1 aromatic carbocycles. The Morgan fingerprint density at radius 1 is 1.18 bits per heavy atom. The normalized spacial score (nSPS) is 16.4. The van der Waals surface area contributed by atoms with Crippen molar-refractivity contribution in [3.8, 4) is 11.5 Å². The summed E-state index contributed by atoms with van der Waals surface area (Å²) in [6.07, 6.45) is 1.98. The number of ether oxygens (including phenoxy) is 3. The van der Waals surface area contributed by atoms with E-state index in [0.717, 1.165) is 16.7 Å². The van der Waals surface area contributed by atoms with Crippen LogP contribution in [0.25, 0.3) is 6.08 Å². The van der Waals surface area contributed by atoms with Crippen molar-refractivity contribution in [3.05, 3.63) is 28.7 Å². The maximum absolute atomic E-state index is 12.6. The van der Waals surface area contributed by atoms with Crippen molar-refractivity contribution in [1.82, 2.24) is 4.90 Å². The summed E-state index contributed by atoms with van der Waals surface area (Å²) in [5, 5.41) is -0.499. The first-order valence-corrected chi connectivity index (χ1v) is 10.1. The topological polar surface area (TPSA) is 82.1 Å². The Hall–Kier alpha value is -2.48. The van der Waals surface area contributed by atoms with Gasteiger partial charge in [-0.15, -0.1) is 0 Å². The lowest BCUT2D eigenvalue weighted by Crippen LogP contribution is -2.35. The Morgan fingerprint density at radius 2 is 1.89 bits per heavy atom. The summed E-state index contributed by atoms with van der Waals surface area (Å²) in [4.78, 5) is 37.8. The monoisotopic (exact) mass is 407 g/mol. The standard InChI is InChI=1S/C20H25NO6S/c1-5-13(4)27-18(22)12-21-19(23)17(28-20(21)24)10-14-8-9-15(25-6-2)11-16(14)26-7-3/h8-11,13H,5-7,12H2,1-4H3/b17-10+/t13-/m0/s1. The first-order chi connectivity index (χ1) is 13.4. The average molecular weight is 407 g/mol. The maximum atomic E-state index is 12.6. The van der Waals surface area contributed by atoms with Gasteiger partial charge in [0.2, 0.25) is 0 Å². The van der Waals surface area contributed by atoms with Gasteiger partial charge in [0, 0.05) is 11.6 Å². The molecule has 7 nitrogen and oxygen atoms in total. The van der Waals surface area contributed by atoms with Crippen LogP contribution in [0.5, 0.6) is 11.5 Å². The van der Waals surface area contributed by atoms with Gasteiger partial charge < -0.3 is 14.2 Å². The van der Waals surface area contributed by atoms with E-state index in [1.54, 1.807) is 31.2 Å². The minimum Gasteiger partial charge on any atom is -0.494 e. The first-order valence-electron chi connectivity index (χ1n) is 9.24. The molecule has 2 amide bonds. The summed E-state index contributed by atoms with van der Waals surface area (Å²) in [7, 11) is 0. The fourth-order valence-corrected chi connectivity index (χ4v) is 3.25. The molecular weight excluding hydrogens is 382 g/mol. The van der Waals surface area contributed by atoms with Crippen molar-refractivity contribution in [2.45, 2.75) is 40.2 Å². The summed E-state index contributed by atoms with van der Waals surface area (Å²) in [5.41, 5.74) is 0.651. The molecule has 1 aliphatic heterocycles. The van der Waals surface area contributed by atoms with E-state index in [0.29, 0.717) is 36.7 Å². The van der Waals surface area contributed by atoms with Crippen molar-refractivity contribution in [1.29, 1.82) is 0 Å². The molecule has 1 saturated heterocycles.